The quantitative estimate of drug-likeness (QED) is 0.705. The van der Waals surface area contributed by atoms with Gasteiger partial charge in [0.25, 0.3) is 0 Å². The molecule has 0 amide bonds. The van der Waals surface area contributed by atoms with Crippen LogP contribution in [0.2, 0.25) is 0 Å². The molecule has 1 fully saturated rings. The van der Waals surface area contributed by atoms with Gasteiger partial charge in [0, 0.05) is 39.3 Å². The van der Waals surface area contributed by atoms with Gasteiger partial charge in [-0.1, -0.05) is 20.3 Å². The monoisotopic (exact) mass is 200 g/mol. The van der Waals surface area contributed by atoms with Gasteiger partial charge in [-0.2, -0.15) is 0 Å². The van der Waals surface area contributed by atoms with E-state index in [1.807, 2.05) is 0 Å². The SMILES string of the molecule is CCC(C)CN1CCN(CCO)CC1. The molecule has 1 N–H and O–H groups in total. The van der Waals surface area contributed by atoms with Crippen LogP contribution in [0.15, 0.2) is 0 Å². The Morgan fingerprint density at radius 3 is 2.21 bits per heavy atom. The van der Waals surface area contributed by atoms with E-state index < -0.39 is 0 Å². The van der Waals surface area contributed by atoms with Gasteiger partial charge in [0.05, 0.1) is 6.61 Å². The summed E-state index contributed by atoms with van der Waals surface area (Å²) in [6, 6.07) is 0. The topological polar surface area (TPSA) is 26.7 Å². The number of hydrogen-bond acceptors (Lipinski definition) is 3. The van der Waals surface area contributed by atoms with Gasteiger partial charge in [-0.15, -0.1) is 0 Å². The molecular formula is C11H24N2O. The first kappa shape index (κ1) is 12.0. The number of hydrogen-bond donors (Lipinski definition) is 1. The minimum Gasteiger partial charge on any atom is -0.395 e. The van der Waals surface area contributed by atoms with Gasteiger partial charge < -0.3 is 10.0 Å². The van der Waals surface area contributed by atoms with E-state index in [-0.39, 0.29) is 0 Å². The van der Waals surface area contributed by atoms with E-state index in [9.17, 15) is 0 Å². The Morgan fingerprint density at radius 2 is 1.71 bits per heavy atom. The van der Waals surface area contributed by atoms with Crippen molar-refractivity contribution in [2.75, 3.05) is 45.9 Å². The van der Waals surface area contributed by atoms with E-state index in [4.69, 9.17) is 5.11 Å². The Kier molecular flexibility index (Phi) is 5.45. The summed E-state index contributed by atoms with van der Waals surface area (Å²) < 4.78 is 0. The molecule has 84 valence electrons. The number of piperazine rings is 1. The molecular weight excluding hydrogens is 176 g/mol. The molecule has 0 aliphatic carbocycles. The Labute approximate surface area is 87.7 Å². The fourth-order valence-corrected chi connectivity index (χ4v) is 1.91. The lowest BCUT2D eigenvalue weighted by Crippen LogP contribution is -2.48. The van der Waals surface area contributed by atoms with Gasteiger partial charge in [-0.25, -0.2) is 0 Å². The van der Waals surface area contributed by atoms with E-state index in [0.717, 1.165) is 25.6 Å². The highest BCUT2D eigenvalue weighted by Crippen LogP contribution is 2.07. The number of nitrogens with zero attached hydrogens (tertiary/aromatic N) is 2. The lowest BCUT2D eigenvalue weighted by atomic mass is 10.1. The molecule has 0 saturated carbocycles. The molecule has 1 rings (SSSR count). The van der Waals surface area contributed by atoms with Crippen molar-refractivity contribution in [3.63, 3.8) is 0 Å². The van der Waals surface area contributed by atoms with Crippen molar-refractivity contribution in [2.45, 2.75) is 20.3 Å². The lowest BCUT2D eigenvalue weighted by molar-refractivity contribution is 0.103. The number of β-amino-alcohol motifs (C(OH)–C–C–N with tert-alkyl or cyclic N) is 1. The van der Waals surface area contributed by atoms with Gasteiger partial charge in [0.1, 0.15) is 0 Å². The minimum absolute atomic E-state index is 0.297. The number of aliphatic hydroxyl groups is 1. The smallest absolute Gasteiger partial charge is 0.0558 e. The van der Waals surface area contributed by atoms with E-state index in [1.165, 1.54) is 26.1 Å². The number of rotatable bonds is 5. The molecule has 0 aromatic heterocycles. The zero-order valence-corrected chi connectivity index (χ0v) is 9.58. The first-order valence-corrected chi connectivity index (χ1v) is 5.81. The Bertz CT molecular complexity index is 144. The molecule has 0 aromatic rings. The Morgan fingerprint density at radius 1 is 1.14 bits per heavy atom. The summed E-state index contributed by atoms with van der Waals surface area (Å²) >= 11 is 0. The highest BCUT2D eigenvalue weighted by molar-refractivity contribution is 4.72. The third-order valence-corrected chi connectivity index (χ3v) is 3.15. The second-order valence-corrected chi connectivity index (χ2v) is 4.38. The van der Waals surface area contributed by atoms with Crippen LogP contribution in [0.1, 0.15) is 20.3 Å². The van der Waals surface area contributed by atoms with Crippen molar-refractivity contribution in [3.05, 3.63) is 0 Å². The predicted octanol–water partition coefficient (Wildman–Crippen LogP) is 0.642. The summed E-state index contributed by atoms with van der Waals surface area (Å²) in [4.78, 5) is 4.88. The fourth-order valence-electron chi connectivity index (χ4n) is 1.91. The third kappa shape index (κ3) is 3.95. The van der Waals surface area contributed by atoms with Crippen molar-refractivity contribution >= 4 is 0 Å². The molecule has 3 heteroatoms. The molecule has 0 bridgehead atoms. The summed E-state index contributed by atoms with van der Waals surface area (Å²) in [5, 5.41) is 8.81. The van der Waals surface area contributed by atoms with Crippen LogP contribution in [0.3, 0.4) is 0 Å². The van der Waals surface area contributed by atoms with Crippen molar-refractivity contribution in [1.29, 1.82) is 0 Å². The van der Waals surface area contributed by atoms with Crippen molar-refractivity contribution in [3.8, 4) is 0 Å². The molecule has 1 saturated heterocycles. The van der Waals surface area contributed by atoms with E-state index in [1.54, 1.807) is 0 Å². The molecule has 3 nitrogen and oxygen atoms in total. The van der Waals surface area contributed by atoms with Gasteiger partial charge in [-0.05, 0) is 5.92 Å². The van der Waals surface area contributed by atoms with Gasteiger partial charge in [0.2, 0.25) is 0 Å². The molecule has 0 radical (unpaired) electrons. The van der Waals surface area contributed by atoms with Crippen molar-refractivity contribution in [2.24, 2.45) is 5.92 Å². The Hall–Kier alpha value is -0.120. The summed E-state index contributed by atoms with van der Waals surface area (Å²) in [5.41, 5.74) is 0. The van der Waals surface area contributed by atoms with Crippen LogP contribution in [0.25, 0.3) is 0 Å². The van der Waals surface area contributed by atoms with E-state index in [2.05, 4.69) is 23.6 Å². The maximum absolute atomic E-state index is 8.81. The maximum atomic E-state index is 8.81. The zero-order valence-electron chi connectivity index (χ0n) is 9.58. The summed E-state index contributed by atoms with van der Waals surface area (Å²) in [7, 11) is 0. The first-order valence-electron chi connectivity index (χ1n) is 5.81. The molecule has 0 spiro atoms. The van der Waals surface area contributed by atoms with Crippen LogP contribution in [-0.4, -0.2) is 60.8 Å². The largest absolute Gasteiger partial charge is 0.395 e. The zero-order chi connectivity index (χ0) is 10.4. The van der Waals surface area contributed by atoms with Crippen LogP contribution in [-0.2, 0) is 0 Å². The highest BCUT2D eigenvalue weighted by Gasteiger charge is 2.16. The molecule has 1 unspecified atom stereocenters. The first-order chi connectivity index (χ1) is 6.76. The number of aliphatic hydroxyl groups excluding tert-OH is 1. The molecule has 1 atom stereocenters. The van der Waals surface area contributed by atoms with Crippen LogP contribution < -0.4 is 0 Å². The highest BCUT2D eigenvalue weighted by atomic mass is 16.3. The Balaban J connectivity index is 2.15. The minimum atomic E-state index is 0.297. The van der Waals surface area contributed by atoms with Crippen LogP contribution in [0.5, 0.6) is 0 Å². The average molecular weight is 200 g/mol. The lowest BCUT2D eigenvalue weighted by Gasteiger charge is -2.35. The summed E-state index contributed by atoms with van der Waals surface area (Å²) in [5.74, 6) is 0.819. The molecule has 1 aliphatic heterocycles. The third-order valence-electron chi connectivity index (χ3n) is 3.15. The van der Waals surface area contributed by atoms with Gasteiger partial charge in [-0.3, -0.25) is 4.90 Å². The summed E-state index contributed by atoms with van der Waals surface area (Å²) in [6.07, 6.45) is 1.27. The molecule has 0 aromatic carbocycles. The summed E-state index contributed by atoms with van der Waals surface area (Å²) in [6.45, 7) is 11.5. The van der Waals surface area contributed by atoms with Gasteiger partial charge >= 0.3 is 0 Å². The van der Waals surface area contributed by atoms with Crippen molar-refractivity contribution < 1.29 is 5.11 Å². The van der Waals surface area contributed by atoms with Gasteiger partial charge in [0.15, 0.2) is 0 Å². The second-order valence-electron chi connectivity index (χ2n) is 4.38. The predicted molar refractivity (Wildman–Crippen MR) is 59.4 cm³/mol. The standard InChI is InChI=1S/C11H24N2O/c1-3-11(2)10-13-6-4-12(5-7-13)8-9-14/h11,14H,3-10H2,1-2H3. The molecule has 1 aliphatic rings. The van der Waals surface area contributed by atoms with Crippen LogP contribution in [0.4, 0.5) is 0 Å². The molecule has 14 heavy (non-hydrogen) atoms. The normalized spacial score (nSPS) is 22.5. The fraction of sp³-hybridized carbons (Fsp3) is 1.00. The second kappa shape index (κ2) is 6.38. The van der Waals surface area contributed by atoms with E-state index in [0.29, 0.717) is 6.61 Å². The van der Waals surface area contributed by atoms with E-state index >= 15 is 0 Å². The van der Waals surface area contributed by atoms with Crippen LogP contribution >= 0.6 is 0 Å². The average Bonchev–Trinajstić information content (AvgIpc) is 2.21. The maximum Gasteiger partial charge on any atom is 0.0558 e. The van der Waals surface area contributed by atoms with Crippen LogP contribution in [0, 0.1) is 5.92 Å². The van der Waals surface area contributed by atoms with Crippen molar-refractivity contribution in [1.82, 2.24) is 9.80 Å². The molecule has 1 heterocycles.